The summed E-state index contributed by atoms with van der Waals surface area (Å²) in [4.78, 5) is 14.2. The van der Waals surface area contributed by atoms with Crippen LogP contribution in [0.25, 0.3) is 0 Å². The van der Waals surface area contributed by atoms with Gasteiger partial charge in [0.05, 0.1) is 6.04 Å². The molecule has 0 aromatic heterocycles. The number of amides is 1. The average molecular weight is 276 g/mol. The van der Waals surface area contributed by atoms with Crippen molar-refractivity contribution in [2.45, 2.75) is 38.6 Å². The highest BCUT2D eigenvalue weighted by molar-refractivity contribution is 5.82. The number of phenols is 1. The zero-order valence-electron chi connectivity index (χ0n) is 12.1. The van der Waals surface area contributed by atoms with E-state index in [2.05, 4.69) is 6.92 Å². The van der Waals surface area contributed by atoms with Crippen LogP contribution in [0.2, 0.25) is 0 Å². The summed E-state index contributed by atoms with van der Waals surface area (Å²) in [5.74, 6) is 0.928. The highest BCUT2D eigenvalue weighted by atomic mass is 16.3. The molecule has 1 amide bonds. The SMILES string of the molecule is CCCC1CCN(C(=O)C(N)Cc2ccc(O)cc2)C1. The van der Waals surface area contributed by atoms with Crippen LogP contribution in [0.15, 0.2) is 24.3 Å². The Hall–Kier alpha value is -1.55. The van der Waals surface area contributed by atoms with Crippen molar-refractivity contribution in [3.8, 4) is 5.75 Å². The molecule has 0 aliphatic carbocycles. The van der Waals surface area contributed by atoms with E-state index in [9.17, 15) is 9.90 Å². The second-order valence-corrected chi connectivity index (χ2v) is 5.70. The van der Waals surface area contributed by atoms with Crippen LogP contribution in [0.1, 0.15) is 31.7 Å². The van der Waals surface area contributed by atoms with Crippen LogP contribution in [-0.4, -0.2) is 35.0 Å². The summed E-state index contributed by atoms with van der Waals surface area (Å²) < 4.78 is 0. The molecular weight excluding hydrogens is 252 g/mol. The summed E-state index contributed by atoms with van der Waals surface area (Å²) >= 11 is 0. The fourth-order valence-corrected chi connectivity index (χ4v) is 2.88. The molecule has 1 aliphatic heterocycles. The number of hydrogen-bond acceptors (Lipinski definition) is 3. The molecule has 1 saturated heterocycles. The van der Waals surface area contributed by atoms with Gasteiger partial charge in [0.2, 0.25) is 5.91 Å². The van der Waals surface area contributed by atoms with E-state index in [1.165, 1.54) is 12.8 Å². The zero-order valence-corrected chi connectivity index (χ0v) is 12.1. The first kappa shape index (κ1) is 14.9. The van der Waals surface area contributed by atoms with Gasteiger partial charge in [0.1, 0.15) is 5.75 Å². The fraction of sp³-hybridized carbons (Fsp3) is 0.562. The van der Waals surface area contributed by atoms with E-state index in [1.807, 2.05) is 17.0 Å². The Labute approximate surface area is 120 Å². The molecule has 0 radical (unpaired) electrons. The normalized spacial score (nSPS) is 20.1. The van der Waals surface area contributed by atoms with E-state index in [-0.39, 0.29) is 11.7 Å². The summed E-state index contributed by atoms with van der Waals surface area (Å²) in [6.45, 7) is 3.88. The van der Waals surface area contributed by atoms with E-state index in [0.717, 1.165) is 25.1 Å². The quantitative estimate of drug-likeness (QED) is 0.863. The zero-order chi connectivity index (χ0) is 14.5. The minimum Gasteiger partial charge on any atom is -0.508 e. The Morgan fingerprint density at radius 1 is 1.45 bits per heavy atom. The lowest BCUT2D eigenvalue weighted by molar-refractivity contribution is -0.131. The molecule has 1 heterocycles. The van der Waals surface area contributed by atoms with Crippen molar-refractivity contribution in [2.75, 3.05) is 13.1 Å². The second kappa shape index (κ2) is 6.75. The predicted octanol–water partition coefficient (Wildman–Crippen LogP) is 1.91. The minimum absolute atomic E-state index is 0.0525. The van der Waals surface area contributed by atoms with Crippen LogP contribution in [0.4, 0.5) is 0 Å². The molecule has 0 spiro atoms. The van der Waals surface area contributed by atoms with Crippen LogP contribution < -0.4 is 5.73 Å². The topological polar surface area (TPSA) is 66.6 Å². The molecule has 2 atom stereocenters. The Balaban J connectivity index is 1.87. The Morgan fingerprint density at radius 2 is 2.15 bits per heavy atom. The van der Waals surface area contributed by atoms with Gasteiger partial charge < -0.3 is 15.7 Å². The van der Waals surface area contributed by atoms with Crippen molar-refractivity contribution < 1.29 is 9.90 Å². The van der Waals surface area contributed by atoms with E-state index < -0.39 is 6.04 Å². The highest BCUT2D eigenvalue weighted by Crippen LogP contribution is 2.21. The number of carbonyl (C=O) groups excluding carboxylic acids is 1. The van der Waals surface area contributed by atoms with Crippen LogP contribution in [-0.2, 0) is 11.2 Å². The fourth-order valence-electron chi connectivity index (χ4n) is 2.88. The van der Waals surface area contributed by atoms with Crippen molar-refractivity contribution in [2.24, 2.45) is 11.7 Å². The number of nitrogens with zero attached hydrogens (tertiary/aromatic N) is 1. The Kier molecular flexibility index (Phi) is 5.01. The van der Waals surface area contributed by atoms with Crippen molar-refractivity contribution in [1.82, 2.24) is 4.90 Å². The molecule has 0 saturated carbocycles. The van der Waals surface area contributed by atoms with E-state index in [4.69, 9.17) is 5.73 Å². The molecule has 2 rings (SSSR count). The van der Waals surface area contributed by atoms with Crippen LogP contribution in [0, 0.1) is 5.92 Å². The van der Waals surface area contributed by atoms with E-state index in [1.54, 1.807) is 12.1 Å². The van der Waals surface area contributed by atoms with Gasteiger partial charge in [-0.1, -0.05) is 25.5 Å². The molecule has 3 N–H and O–H groups in total. The summed E-state index contributed by atoms with van der Waals surface area (Å²) in [7, 11) is 0. The third-order valence-corrected chi connectivity index (χ3v) is 4.00. The monoisotopic (exact) mass is 276 g/mol. The standard InChI is InChI=1S/C16H24N2O2/c1-2-3-13-8-9-18(11-13)16(20)15(17)10-12-4-6-14(19)7-5-12/h4-7,13,15,19H,2-3,8-11,17H2,1H3. The number of carbonyl (C=O) groups is 1. The third kappa shape index (κ3) is 3.73. The van der Waals surface area contributed by atoms with Gasteiger partial charge in [-0.2, -0.15) is 0 Å². The predicted molar refractivity (Wildman–Crippen MR) is 79.4 cm³/mol. The summed E-state index contributed by atoms with van der Waals surface area (Å²) in [6, 6.07) is 6.39. The smallest absolute Gasteiger partial charge is 0.239 e. The number of phenolic OH excluding ortho intramolecular Hbond substituents is 1. The molecule has 0 bridgehead atoms. The number of rotatable bonds is 5. The number of nitrogens with two attached hydrogens (primary N) is 1. The van der Waals surface area contributed by atoms with Gasteiger partial charge in [0, 0.05) is 13.1 Å². The first-order valence-corrected chi connectivity index (χ1v) is 7.42. The minimum atomic E-state index is -0.486. The molecule has 1 aromatic rings. The molecule has 4 heteroatoms. The molecular formula is C16H24N2O2. The number of likely N-dealkylation sites (tertiary alicyclic amines) is 1. The second-order valence-electron chi connectivity index (χ2n) is 5.70. The highest BCUT2D eigenvalue weighted by Gasteiger charge is 2.28. The maximum absolute atomic E-state index is 12.3. The van der Waals surface area contributed by atoms with Gasteiger partial charge in [0.25, 0.3) is 0 Å². The summed E-state index contributed by atoms with van der Waals surface area (Å²) in [6.07, 6.45) is 3.99. The van der Waals surface area contributed by atoms with E-state index in [0.29, 0.717) is 12.3 Å². The van der Waals surface area contributed by atoms with Gasteiger partial charge in [-0.05, 0) is 42.9 Å². The molecule has 1 aliphatic rings. The van der Waals surface area contributed by atoms with E-state index >= 15 is 0 Å². The number of aromatic hydroxyl groups is 1. The van der Waals surface area contributed by atoms with Crippen LogP contribution in [0.3, 0.4) is 0 Å². The lowest BCUT2D eigenvalue weighted by atomic mass is 10.0. The molecule has 110 valence electrons. The van der Waals surface area contributed by atoms with Gasteiger partial charge in [-0.25, -0.2) is 0 Å². The van der Waals surface area contributed by atoms with Gasteiger partial charge in [-0.3, -0.25) is 4.79 Å². The Morgan fingerprint density at radius 3 is 2.80 bits per heavy atom. The first-order chi connectivity index (χ1) is 9.60. The maximum atomic E-state index is 12.3. The van der Waals surface area contributed by atoms with Crippen molar-refractivity contribution >= 4 is 5.91 Å². The van der Waals surface area contributed by atoms with Crippen LogP contribution in [0.5, 0.6) is 5.75 Å². The van der Waals surface area contributed by atoms with Gasteiger partial charge >= 0.3 is 0 Å². The Bertz CT molecular complexity index is 444. The summed E-state index contributed by atoms with van der Waals surface area (Å²) in [5.41, 5.74) is 7.01. The maximum Gasteiger partial charge on any atom is 0.239 e. The number of benzene rings is 1. The molecule has 1 aromatic carbocycles. The summed E-state index contributed by atoms with van der Waals surface area (Å²) in [5, 5.41) is 9.25. The lowest BCUT2D eigenvalue weighted by Gasteiger charge is -2.21. The average Bonchev–Trinajstić information content (AvgIpc) is 2.89. The third-order valence-electron chi connectivity index (χ3n) is 4.00. The first-order valence-electron chi connectivity index (χ1n) is 7.42. The molecule has 1 fully saturated rings. The number of hydrogen-bond donors (Lipinski definition) is 2. The molecule has 4 nitrogen and oxygen atoms in total. The van der Waals surface area contributed by atoms with Crippen molar-refractivity contribution in [3.05, 3.63) is 29.8 Å². The van der Waals surface area contributed by atoms with Gasteiger partial charge in [-0.15, -0.1) is 0 Å². The lowest BCUT2D eigenvalue weighted by Crippen LogP contribution is -2.43. The van der Waals surface area contributed by atoms with Gasteiger partial charge in [0.15, 0.2) is 0 Å². The van der Waals surface area contributed by atoms with Crippen molar-refractivity contribution in [3.63, 3.8) is 0 Å². The van der Waals surface area contributed by atoms with Crippen LogP contribution >= 0.6 is 0 Å². The largest absolute Gasteiger partial charge is 0.508 e. The molecule has 2 unspecified atom stereocenters. The molecule has 20 heavy (non-hydrogen) atoms. The van der Waals surface area contributed by atoms with Crippen molar-refractivity contribution in [1.29, 1.82) is 0 Å².